The highest BCUT2D eigenvalue weighted by atomic mass is 16.3. The highest BCUT2D eigenvalue weighted by molar-refractivity contribution is 5.11. The second-order valence-electron chi connectivity index (χ2n) is 14.4. The molecule has 4 aliphatic carbocycles. The first-order chi connectivity index (χ1) is 17.4. The number of unbranched alkanes of at least 4 members (excludes halogenated alkanes) is 6. The minimum Gasteiger partial charge on any atom is -0.393 e. The molecule has 4 heteroatoms. The van der Waals surface area contributed by atoms with Crippen molar-refractivity contribution in [1.82, 2.24) is 9.80 Å². The normalized spacial score (nSPS) is 45.8. The minimum atomic E-state index is -0.142. The van der Waals surface area contributed by atoms with Gasteiger partial charge in [-0.2, -0.15) is 0 Å². The minimum absolute atomic E-state index is 0.0766. The van der Waals surface area contributed by atoms with Gasteiger partial charge in [-0.25, -0.2) is 0 Å². The van der Waals surface area contributed by atoms with E-state index in [2.05, 4.69) is 30.6 Å². The van der Waals surface area contributed by atoms with Crippen LogP contribution in [0.15, 0.2) is 0 Å². The van der Waals surface area contributed by atoms with Gasteiger partial charge in [0.2, 0.25) is 0 Å². The summed E-state index contributed by atoms with van der Waals surface area (Å²) in [5.74, 6) is 3.02. The molecule has 0 aromatic carbocycles. The molecule has 0 spiro atoms. The predicted molar refractivity (Wildman–Crippen MR) is 149 cm³/mol. The number of aliphatic hydroxyl groups is 2. The highest BCUT2D eigenvalue weighted by Gasteiger charge is 2.61. The Kier molecular flexibility index (Phi) is 8.77. The van der Waals surface area contributed by atoms with Crippen molar-refractivity contribution in [2.24, 2.45) is 34.5 Å². The topological polar surface area (TPSA) is 46.9 Å². The molecule has 1 heterocycles. The first-order valence-corrected chi connectivity index (χ1v) is 16.2. The van der Waals surface area contributed by atoms with Gasteiger partial charge in [-0.3, -0.25) is 4.90 Å². The lowest BCUT2D eigenvalue weighted by Gasteiger charge is -2.62. The molecule has 0 bridgehead atoms. The van der Waals surface area contributed by atoms with Gasteiger partial charge in [-0.1, -0.05) is 59.3 Å². The molecule has 5 rings (SSSR count). The molecular formula is C32H58N2O2. The molecule has 1 aliphatic heterocycles. The van der Waals surface area contributed by atoms with Crippen LogP contribution in [0, 0.1) is 34.5 Å². The maximum absolute atomic E-state index is 11.3. The van der Waals surface area contributed by atoms with Gasteiger partial charge >= 0.3 is 0 Å². The molecule has 2 N–H and O–H groups in total. The van der Waals surface area contributed by atoms with Crippen LogP contribution in [0.5, 0.6) is 0 Å². The molecular weight excluding hydrogens is 444 g/mol. The molecule has 0 radical (unpaired) electrons. The Hall–Kier alpha value is -0.160. The van der Waals surface area contributed by atoms with Gasteiger partial charge in [0.25, 0.3) is 0 Å². The Labute approximate surface area is 222 Å². The molecule has 5 fully saturated rings. The van der Waals surface area contributed by atoms with Crippen molar-refractivity contribution in [3.8, 4) is 0 Å². The van der Waals surface area contributed by atoms with Crippen molar-refractivity contribution >= 4 is 0 Å². The van der Waals surface area contributed by atoms with Gasteiger partial charge in [-0.05, 0) is 98.8 Å². The Morgan fingerprint density at radius 2 is 1.44 bits per heavy atom. The lowest BCUT2D eigenvalue weighted by Crippen LogP contribution is -2.62. The second-order valence-corrected chi connectivity index (χ2v) is 14.4. The van der Waals surface area contributed by atoms with Crippen molar-refractivity contribution in [2.75, 3.05) is 32.7 Å². The molecule has 208 valence electrons. The van der Waals surface area contributed by atoms with Crippen LogP contribution in [-0.4, -0.2) is 71.0 Å². The number of nitrogens with zero attached hydrogens (tertiary/aromatic N) is 2. The van der Waals surface area contributed by atoms with Crippen molar-refractivity contribution in [3.05, 3.63) is 0 Å². The largest absolute Gasteiger partial charge is 0.393 e. The third kappa shape index (κ3) is 5.19. The van der Waals surface area contributed by atoms with E-state index in [1.54, 1.807) is 0 Å². The van der Waals surface area contributed by atoms with Crippen LogP contribution < -0.4 is 0 Å². The van der Waals surface area contributed by atoms with Crippen LogP contribution >= 0.6 is 0 Å². The summed E-state index contributed by atoms with van der Waals surface area (Å²) >= 11 is 0. The third-order valence-electron chi connectivity index (χ3n) is 12.6. The Morgan fingerprint density at radius 1 is 0.750 bits per heavy atom. The third-order valence-corrected chi connectivity index (χ3v) is 12.6. The summed E-state index contributed by atoms with van der Waals surface area (Å²) in [6, 6.07) is 0.355. The first-order valence-electron chi connectivity index (χ1n) is 16.2. The van der Waals surface area contributed by atoms with E-state index < -0.39 is 0 Å². The Bertz CT molecular complexity index is 708. The molecule has 5 aliphatic rings. The fourth-order valence-corrected chi connectivity index (χ4v) is 10.2. The van der Waals surface area contributed by atoms with Crippen LogP contribution in [0.25, 0.3) is 0 Å². The fraction of sp³-hybridized carbons (Fsp3) is 1.00. The first kappa shape index (κ1) is 27.4. The lowest BCUT2D eigenvalue weighted by molar-refractivity contribution is -0.155. The molecule has 4 saturated carbocycles. The highest BCUT2D eigenvalue weighted by Crippen LogP contribution is 2.66. The summed E-state index contributed by atoms with van der Waals surface area (Å²) in [4.78, 5) is 5.37. The summed E-state index contributed by atoms with van der Waals surface area (Å²) in [6.07, 6.45) is 19.2. The van der Waals surface area contributed by atoms with Gasteiger partial charge < -0.3 is 15.1 Å². The average molecular weight is 503 g/mol. The number of hydrogen-bond donors (Lipinski definition) is 2. The summed E-state index contributed by atoms with van der Waals surface area (Å²) in [5, 5.41) is 22.1. The summed E-state index contributed by atoms with van der Waals surface area (Å²) in [6.45, 7) is 13.2. The molecule has 1 saturated heterocycles. The van der Waals surface area contributed by atoms with Crippen molar-refractivity contribution in [2.45, 2.75) is 135 Å². The standard InChI is InChI=1S/C32H58N2O2/c1-4-5-6-7-8-9-10-17-33-18-20-34(21-19-33)28-23-32(3)24(22-29(28)35)11-12-25-26-13-14-30(36)31(26,2)16-15-27(25)32/h24-30,35-36H,4-23H2,1-3H3/t24-,25-,26-,27-,28-,29-,30-,31-,32-/m0/s1. The van der Waals surface area contributed by atoms with E-state index in [9.17, 15) is 10.2 Å². The van der Waals surface area contributed by atoms with E-state index in [1.807, 2.05) is 0 Å². The summed E-state index contributed by atoms with van der Waals surface area (Å²) in [7, 11) is 0. The number of rotatable bonds is 9. The van der Waals surface area contributed by atoms with Crippen LogP contribution in [0.1, 0.15) is 117 Å². The van der Waals surface area contributed by atoms with E-state index in [-0.39, 0.29) is 17.6 Å². The van der Waals surface area contributed by atoms with E-state index in [0.29, 0.717) is 17.4 Å². The summed E-state index contributed by atoms with van der Waals surface area (Å²) < 4.78 is 0. The van der Waals surface area contributed by atoms with Gasteiger partial charge in [0, 0.05) is 32.2 Å². The van der Waals surface area contributed by atoms with Crippen LogP contribution in [0.4, 0.5) is 0 Å². The average Bonchev–Trinajstić information content (AvgIpc) is 3.18. The van der Waals surface area contributed by atoms with Crippen molar-refractivity contribution in [3.63, 3.8) is 0 Å². The van der Waals surface area contributed by atoms with Crippen LogP contribution in [0.2, 0.25) is 0 Å². The number of fused-ring (bicyclic) bond motifs is 5. The van der Waals surface area contributed by atoms with E-state index in [4.69, 9.17) is 0 Å². The maximum Gasteiger partial charge on any atom is 0.0698 e. The molecule has 9 atom stereocenters. The molecule has 0 amide bonds. The molecule has 4 nitrogen and oxygen atoms in total. The smallest absolute Gasteiger partial charge is 0.0698 e. The zero-order valence-electron chi connectivity index (χ0n) is 24.0. The molecule has 0 unspecified atom stereocenters. The zero-order chi connectivity index (χ0) is 25.3. The predicted octanol–water partition coefficient (Wildman–Crippen LogP) is 6.10. The van der Waals surface area contributed by atoms with Crippen LogP contribution in [0.3, 0.4) is 0 Å². The maximum atomic E-state index is 11.3. The fourth-order valence-electron chi connectivity index (χ4n) is 10.2. The monoisotopic (exact) mass is 502 g/mol. The van der Waals surface area contributed by atoms with Gasteiger partial charge in [0.15, 0.2) is 0 Å². The molecule has 0 aromatic rings. The molecule has 0 aromatic heterocycles. The Balaban J connectivity index is 1.14. The van der Waals surface area contributed by atoms with Gasteiger partial charge in [-0.15, -0.1) is 0 Å². The second kappa shape index (κ2) is 11.5. The number of aliphatic hydroxyl groups excluding tert-OH is 2. The molecule has 36 heavy (non-hydrogen) atoms. The summed E-state index contributed by atoms with van der Waals surface area (Å²) in [5.41, 5.74) is 0.542. The number of piperazine rings is 1. The lowest BCUT2D eigenvalue weighted by atomic mass is 9.44. The number of hydrogen-bond acceptors (Lipinski definition) is 4. The van der Waals surface area contributed by atoms with Gasteiger partial charge in [0.05, 0.1) is 12.2 Å². The SMILES string of the molecule is CCCCCCCCCN1CCN([C@H]2C[C@@]3(C)[C@@H](CC[C@@H]4[C@@H]3CC[C@]3(C)[C@@H](O)CC[C@@H]43)C[C@@H]2O)CC1. The zero-order valence-corrected chi connectivity index (χ0v) is 24.0. The van der Waals surface area contributed by atoms with Gasteiger partial charge in [0.1, 0.15) is 0 Å². The van der Waals surface area contributed by atoms with Crippen molar-refractivity contribution < 1.29 is 10.2 Å². The quantitative estimate of drug-likeness (QED) is 0.374. The van der Waals surface area contributed by atoms with Crippen molar-refractivity contribution in [1.29, 1.82) is 0 Å². The van der Waals surface area contributed by atoms with E-state index in [0.717, 1.165) is 43.7 Å². The van der Waals surface area contributed by atoms with E-state index >= 15 is 0 Å². The Morgan fingerprint density at radius 3 is 2.19 bits per heavy atom. The van der Waals surface area contributed by atoms with Crippen LogP contribution in [-0.2, 0) is 0 Å². The van der Waals surface area contributed by atoms with E-state index in [1.165, 1.54) is 103 Å².